The van der Waals surface area contributed by atoms with Gasteiger partial charge in [0.1, 0.15) is 29.2 Å². The molecular formula is C119H174O17. The van der Waals surface area contributed by atoms with Gasteiger partial charge in [-0.15, -0.1) is 0 Å². The average Bonchev–Trinajstić information content (AvgIpc) is 1.31. The topological polar surface area (TPSA) is 284 Å². The molecule has 17 nitrogen and oxygen atoms in total. The maximum atomic E-state index is 13.9. The highest BCUT2D eigenvalue weighted by atomic mass is 16.5. The number of methoxy groups -OCH3 is 2. The molecule has 8 saturated carbocycles. The van der Waals surface area contributed by atoms with Gasteiger partial charge in [-0.3, -0.25) is 57.5 Å². The van der Waals surface area contributed by atoms with E-state index in [1.165, 1.54) is 38.2 Å². The Morgan fingerprint density at radius 1 is 0.397 bits per heavy atom. The van der Waals surface area contributed by atoms with Gasteiger partial charge in [0.15, 0.2) is 34.7 Å². The van der Waals surface area contributed by atoms with E-state index in [1.54, 1.807) is 6.92 Å². The second-order valence-electron chi connectivity index (χ2n) is 50.2. The third-order valence-corrected chi connectivity index (χ3v) is 43.3. The summed E-state index contributed by atoms with van der Waals surface area (Å²) in [4.78, 5) is 156. The maximum absolute atomic E-state index is 13.9. The van der Waals surface area contributed by atoms with E-state index in [9.17, 15) is 72.9 Å². The zero-order chi connectivity index (χ0) is 100. The minimum atomic E-state index is -1.06. The summed E-state index contributed by atoms with van der Waals surface area (Å²) >= 11 is 0. The molecule has 0 heterocycles. The summed E-state index contributed by atoms with van der Waals surface area (Å²) in [6.45, 7) is 63.2. The van der Waals surface area contributed by atoms with E-state index in [0.717, 1.165) is 166 Å². The first-order valence-electron chi connectivity index (χ1n) is 53.7. The molecule has 0 bridgehead atoms. The summed E-state index contributed by atoms with van der Waals surface area (Å²) in [6, 6.07) is 0. The number of hydrogen-bond donors (Lipinski definition) is 3. The number of fused-ring (bicyclic) bond motifs is 16. The Hall–Kier alpha value is -6.56. The SMILES string of the molecule is C=C(CC[C@@H](C)C1CCC2C3=C(C(=O)[C@H](O)[C@@]21C)[C@@]1(C)CC[C@H](O)[C@@H](C)C1CC3=O)C(C)C.C=C(CC[C@@H](C)[C@H]1CC[C@H]2C3=C(C(=O)C[C@]12C)[C@@]1(C)CCC(=O)[C@@H](C)[C@@H]1CC3)C(C)C(=O)OC.C=C(CC[C@@H](C)[C@H]1CC[C@H]2C3=C(C(=O)C[C@]12C)[C@@]1(C)CCC(=O)[C@@H](C)[C@@H]1CC3=O)C(C)C(C)=O.C=C(CC[C@@H](C)[C@H]1CC[C@H]2C3=C(C(=O)C[C@]12C)[C@@]1(C)CCC(=O)[C@@H](C)[C@@H]1C[C@@H]3O)C(C)C(=O)OC. The molecule has 136 heavy (non-hydrogen) atoms. The second-order valence-corrected chi connectivity index (χ2v) is 50.2. The first-order chi connectivity index (χ1) is 63.5. The molecule has 0 aromatic heterocycles. The molecule has 0 amide bonds. The number of ether oxygens (including phenoxy) is 2. The number of Topliss-reactive ketones (excluding diaryl/α,β-unsaturated/α-hetero) is 10. The predicted octanol–water partition coefficient (Wildman–Crippen LogP) is 23.3. The Labute approximate surface area is 816 Å². The normalized spacial score (nSPS) is 40.7. The number of rotatable bonds is 23. The molecule has 0 aromatic carbocycles. The highest BCUT2D eigenvalue weighted by Gasteiger charge is 2.69. The molecule has 3 N–H and O–H groups in total. The fraction of sp³-hybridized carbons (Fsp3) is 0.765. The predicted molar refractivity (Wildman–Crippen MR) is 533 cm³/mol. The van der Waals surface area contributed by atoms with Crippen LogP contribution >= 0.6 is 0 Å². The lowest BCUT2D eigenvalue weighted by atomic mass is 9.47. The van der Waals surface area contributed by atoms with Crippen LogP contribution in [-0.2, 0) is 67.0 Å². The number of ketones is 10. The Morgan fingerprint density at radius 3 is 1.26 bits per heavy atom. The van der Waals surface area contributed by atoms with Crippen molar-refractivity contribution < 1.29 is 82.3 Å². The van der Waals surface area contributed by atoms with E-state index in [0.29, 0.717) is 153 Å². The quantitative estimate of drug-likeness (QED) is 0.0633. The van der Waals surface area contributed by atoms with Gasteiger partial charge in [0.05, 0.1) is 38.3 Å². The van der Waals surface area contributed by atoms with Gasteiger partial charge in [-0.1, -0.05) is 186 Å². The third-order valence-electron chi connectivity index (χ3n) is 43.3. The van der Waals surface area contributed by atoms with Crippen LogP contribution in [-0.4, -0.2) is 118 Å². The van der Waals surface area contributed by atoms with Crippen molar-refractivity contribution in [1.82, 2.24) is 0 Å². The van der Waals surface area contributed by atoms with Crippen molar-refractivity contribution in [2.45, 2.75) is 376 Å². The van der Waals surface area contributed by atoms with Crippen molar-refractivity contribution in [2.75, 3.05) is 14.2 Å². The minimum Gasteiger partial charge on any atom is -0.469 e. The van der Waals surface area contributed by atoms with Gasteiger partial charge >= 0.3 is 11.9 Å². The molecular weight excluding hydrogens is 1700 g/mol. The van der Waals surface area contributed by atoms with Crippen LogP contribution in [0.3, 0.4) is 0 Å². The first-order valence-corrected chi connectivity index (χ1v) is 53.7. The van der Waals surface area contributed by atoms with Crippen molar-refractivity contribution in [3.8, 4) is 0 Å². The van der Waals surface area contributed by atoms with E-state index < -0.39 is 29.1 Å². The number of aliphatic hydroxyl groups excluding tert-OH is 3. The smallest absolute Gasteiger partial charge is 0.312 e. The highest BCUT2D eigenvalue weighted by molar-refractivity contribution is 6.13. The molecule has 752 valence electrons. The van der Waals surface area contributed by atoms with E-state index in [1.807, 2.05) is 41.5 Å². The molecule has 0 aromatic rings. The van der Waals surface area contributed by atoms with E-state index >= 15 is 0 Å². The van der Waals surface area contributed by atoms with Crippen molar-refractivity contribution in [1.29, 1.82) is 0 Å². The summed E-state index contributed by atoms with van der Waals surface area (Å²) in [5, 5.41) is 33.5. The molecule has 16 aliphatic carbocycles. The molecule has 6 unspecified atom stereocenters. The first kappa shape index (κ1) is 107. The molecule has 0 spiro atoms. The molecule has 16 aliphatic rings. The van der Waals surface area contributed by atoms with E-state index in [2.05, 4.69) is 130 Å². The summed E-state index contributed by atoms with van der Waals surface area (Å²) < 4.78 is 9.76. The van der Waals surface area contributed by atoms with Crippen LogP contribution in [0.15, 0.2) is 93.2 Å². The van der Waals surface area contributed by atoms with Crippen LogP contribution in [0.25, 0.3) is 0 Å². The average molecular weight is 1880 g/mol. The van der Waals surface area contributed by atoms with Crippen LogP contribution in [0.1, 0.15) is 358 Å². The summed E-state index contributed by atoms with van der Waals surface area (Å²) in [5.74, 6) is 5.09. The molecule has 0 saturated heterocycles. The summed E-state index contributed by atoms with van der Waals surface area (Å²) in [7, 11) is 2.84. The number of hydrogen-bond acceptors (Lipinski definition) is 17. The van der Waals surface area contributed by atoms with Crippen molar-refractivity contribution in [2.24, 2.45) is 185 Å². The van der Waals surface area contributed by atoms with Gasteiger partial charge in [-0.25, -0.2) is 0 Å². The van der Waals surface area contributed by atoms with Crippen LogP contribution in [0.5, 0.6) is 0 Å². The zero-order valence-electron chi connectivity index (χ0n) is 88.1. The molecule has 16 rings (SSSR count). The van der Waals surface area contributed by atoms with Crippen LogP contribution < -0.4 is 0 Å². The van der Waals surface area contributed by atoms with Crippen molar-refractivity contribution in [3.63, 3.8) is 0 Å². The van der Waals surface area contributed by atoms with E-state index in [4.69, 9.17) is 9.47 Å². The van der Waals surface area contributed by atoms with Crippen molar-refractivity contribution >= 4 is 69.8 Å². The van der Waals surface area contributed by atoms with Gasteiger partial charge in [0.2, 0.25) is 0 Å². The molecule has 8 fully saturated rings. The number of allylic oxidation sites excluding steroid dienone is 8. The van der Waals surface area contributed by atoms with Crippen molar-refractivity contribution in [3.05, 3.63) is 93.2 Å². The fourth-order valence-electron chi connectivity index (χ4n) is 34.1. The zero-order valence-corrected chi connectivity index (χ0v) is 88.1. The Balaban J connectivity index is 0.000000153. The van der Waals surface area contributed by atoms with Crippen LogP contribution in [0.2, 0.25) is 0 Å². The van der Waals surface area contributed by atoms with Gasteiger partial charge in [0, 0.05) is 130 Å². The Kier molecular flexibility index (Phi) is 31.4. The molecule has 34 atom stereocenters. The number of aliphatic hydroxyl groups is 3. The highest BCUT2D eigenvalue weighted by Crippen LogP contribution is 2.72. The number of esters is 2. The number of carbonyl (C=O) groups is 12. The van der Waals surface area contributed by atoms with Gasteiger partial charge in [0.25, 0.3) is 0 Å². The third kappa shape index (κ3) is 18.1. The standard InChI is InChI=1S/C30H44O5.C30H42O4.C30H44O4.C29H44O4/c1-16(18(3)28(34)35-7)8-9-17(2)20-10-11-21-26-24(32)14-22-19(4)23(31)12-13-29(22,5)27(26)25(33)15-30(20,21)6;1-16(18(3)20(5)31)8-9-17(2)21-10-11-22-27-25(33)14-23-19(4)24(32)12-13-29(23,6)28(27)26(34)15-30(21,22)7;1-17(19(3)28(33)34-7)8-9-18(2)22-12-13-24-21-10-11-23-20(4)25(31)14-15-29(23,5)27(21)26(32)16-30(22,24)6;1-15(2)16(3)8-9-17(4)19-10-11-20-24-23(31)14-21-18(5)22(30)12-13-28(21,6)25(24)26(32)27(33)29(19,20)7/h17-22,24,32H,1,8-15H2,2-7H3;17-19,21-23H,1,8-15H2,2-7H3;18-20,22-24H,1,8-16H2,2-7H3;15,17-22,27,30,33H,3,8-14H2,1-2,4-7H3/t17-,18?,19+,20-,21+,22+,24+,29+,30-;17-,18?,19+,21-,22+,23+,29+,30-;18-,19?,20+,22-,23+,24+,29+,30-;17-,18+,19?,20?,21?,22+,27+,28+,29-/m1111/s1. The fourth-order valence-corrected chi connectivity index (χ4v) is 34.1. The van der Waals surface area contributed by atoms with Gasteiger partial charge in [-0.2, -0.15) is 0 Å². The Bertz CT molecular complexity index is 4970. The molecule has 0 radical (unpaired) electrons. The van der Waals surface area contributed by atoms with Crippen LogP contribution in [0, 0.1) is 185 Å². The number of carbonyl (C=O) groups excluding carboxylic acids is 12. The largest absolute Gasteiger partial charge is 0.469 e. The summed E-state index contributed by atoms with van der Waals surface area (Å²) in [5.41, 5.74) is 9.46. The molecule has 0 aliphatic heterocycles. The minimum absolute atomic E-state index is 0.0178. The monoisotopic (exact) mass is 1880 g/mol. The van der Waals surface area contributed by atoms with Gasteiger partial charge in [-0.05, 0) is 309 Å². The maximum Gasteiger partial charge on any atom is 0.312 e. The lowest BCUT2D eigenvalue weighted by Crippen LogP contribution is -2.58. The van der Waals surface area contributed by atoms with E-state index in [-0.39, 0.29) is 174 Å². The lowest BCUT2D eigenvalue weighted by molar-refractivity contribution is -0.145. The lowest BCUT2D eigenvalue weighted by Gasteiger charge is -2.56. The summed E-state index contributed by atoms with van der Waals surface area (Å²) in [6.07, 6.45) is 23.7. The molecule has 17 heteroatoms. The second kappa shape index (κ2) is 40.0. The van der Waals surface area contributed by atoms with Crippen LogP contribution in [0.4, 0.5) is 0 Å². The Morgan fingerprint density at radius 2 is 0.772 bits per heavy atom. The van der Waals surface area contributed by atoms with Gasteiger partial charge < -0.3 is 24.8 Å².